The third kappa shape index (κ3) is 3.02. The first-order valence-electron chi connectivity index (χ1n) is 8.93. The van der Waals surface area contributed by atoms with Crippen molar-refractivity contribution >= 4 is 0 Å². The second-order valence-corrected chi connectivity index (χ2v) is 7.71. The van der Waals surface area contributed by atoms with E-state index in [2.05, 4.69) is 0 Å². The fourth-order valence-electron chi connectivity index (χ4n) is 4.71. The first-order valence-corrected chi connectivity index (χ1v) is 8.93. The van der Waals surface area contributed by atoms with E-state index in [1.807, 2.05) is 14.2 Å². The molecule has 3 heteroatoms. The van der Waals surface area contributed by atoms with Crippen LogP contribution in [0.1, 0.15) is 70.6 Å². The molecule has 3 nitrogen and oxygen atoms in total. The molecule has 0 aliphatic heterocycles. The van der Waals surface area contributed by atoms with Crippen LogP contribution in [0.25, 0.3) is 0 Å². The van der Waals surface area contributed by atoms with Gasteiger partial charge in [0, 0.05) is 20.1 Å². The summed E-state index contributed by atoms with van der Waals surface area (Å²) in [6.07, 6.45) is 12.8. The quantitative estimate of drug-likeness (QED) is 0.779. The van der Waals surface area contributed by atoms with E-state index in [0.717, 1.165) is 32.1 Å². The van der Waals surface area contributed by atoms with Crippen LogP contribution in [0.15, 0.2) is 0 Å². The lowest BCUT2D eigenvalue weighted by molar-refractivity contribution is -0.169. The van der Waals surface area contributed by atoms with E-state index >= 15 is 0 Å². The van der Waals surface area contributed by atoms with Crippen LogP contribution in [0.2, 0.25) is 0 Å². The number of rotatable bonds is 7. The maximum absolute atomic E-state index is 11.1. The molecule has 3 rings (SSSR count). The van der Waals surface area contributed by atoms with Crippen LogP contribution in [0, 0.1) is 11.8 Å². The normalized spacial score (nSPS) is 30.4. The Balaban J connectivity index is 1.74. The molecule has 0 saturated heterocycles. The highest BCUT2D eigenvalue weighted by Crippen LogP contribution is 2.53. The maximum atomic E-state index is 11.1. The molecule has 21 heavy (non-hydrogen) atoms. The molecule has 3 aliphatic rings. The van der Waals surface area contributed by atoms with Gasteiger partial charge in [0.1, 0.15) is 0 Å². The Hall–Kier alpha value is -0.120. The van der Waals surface area contributed by atoms with Crippen molar-refractivity contribution in [2.45, 2.75) is 87.9 Å². The van der Waals surface area contributed by atoms with Crippen LogP contribution >= 0.6 is 0 Å². The summed E-state index contributed by atoms with van der Waals surface area (Å²) in [6.45, 7) is 0. The Morgan fingerprint density at radius 2 is 1.62 bits per heavy atom. The van der Waals surface area contributed by atoms with Gasteiger partial charge in [-0.05, 0) is 57.3 Å². The molecule has 0 amide bonds. The molecule has 3 saturated carbocycles. The molecule has 2 atom stereocenters. The number of hydrogen-bond donors (Lipinski definition) is 1. The van der Waals surface area contributed by atoms with E-state index in [0.29, 0.717) is 5.92 Å². The largest absolute Gasteiger partial charge is 0.392 e. The Kier molecular flexibility index (Phi) is 4.63. The predicted octanol–water partition coefficient (Wildman–Crippen LogP) is 3.68. The zero-order valence-electron chi connectivity index (χ0n) is 13.8. The van der Waals surface area contributed by atoms with Gasteiger partial charge in [0.05, 0.1) is 17.3 Å². The second kappa shape index (κ2) is 6.17. The van der Waals surface area contributed by atoms with Gasteiger partial charge in [0.15, 0.2) is 0 Å². The van der Waals surface area contributed by atoms with Gasteiger partial charge in [0.25, 0.3) is 0 Å². The van der Waals surface area contributed by atoms with Crippen LogP contribution in [0.5, 0.6) is 0 Å². The van der Waals surface area contributed by atoms with Gasteiger partial charge in [-0.3, -0.25) is 0 Å². The third-order valence-corrected chi connectivity index (χ3v) is 6.66. The van der Waals surface area contributed by atoms with Gasteiger partial charge in [-0.1, -0.05) is 19.3 Å². The van der Waals surface area contributed by atoms with Crippen molar-refractivity contribution < 1.29 is 14.6 Å². The number of ether oxygens (including phenoxy) is 2. The lowest BCUT2D eigenvalue weighted by Gasteiger charge is -2.50. The summed E-state index contributed by atoms with van der Waals surface area (Å²) in [5.74, 6) is 0.728. The van der Waals surface area contributed by atoms with Crippen molar-refractivity contribution in [2.75, 3.05) is 14.2 Å². The van der Waals surface area contributed by atoms with Gasteiger partial charge in [-0.25, -0.2) is 0 Å². The smallest absolute Gasteiger partial charge is 0.0732 e. The number of aliphatic hydroxyl groups excluding tert-OH is 1. The van der Waals surface area contributed by atoms with Gasteiger partial charge in [0.2, 0.25) is 0 Å². The van der Waals surface area contributed by atoms with E-state index in [1.54, 1.807) is 0 Å². The summed E-state index contributed by atoms with van der Waals surface area (Å²) in [6, 6.07) is 0. The number of methoxy groups -OCH3 is 2. The predicted molar refractivity (Wildman–Crippen MR) is 83.3 cm³/mol. The molecule has 0 bridgehead atoms. The first kappa shape index (κ1) is 15.8. The molecule has 0 aromatic carbocycles. The molecule has 3 fully saturated rings. The molecule has 1 N–H and O–H groups in total. The summed E-state index contributed by atoms with van der Waals surface area (Å²) in [7, 11) is 3.67. The van der Waals surface area contributed by atoms with Gasteiger partial charge >= 0.3 is 0 Å². The third-order valence-electron chi connectivity index (χ3n) is 6.66. The van der Waals surface area contributed by atoms with Gasteiger partial charge < -0.3 is 14.6 Å². The summed E-state index contributed by atoms with van der Waals surface area (Å²) in [4.78, 5) is 0. The van der Waals surface area contributed by atoms with E-state index in [1.165, 1.54) is 38.5 Å². The SMILES string of the molecule is COC1(CC(C(O)C2CCCCC2)C2(OC)CCC2)CC1. The molecule has 3 aliphatic carbocycles. The van der Waals surface area contributed by atoms with Crippen LogP contribution < -0.4 is 0 Å². The van der Waals surface area contributed by atoms with Crippen LogP contribution in [0.4, 0.5) is 0 Å². The van der Waals surface area contributed by atoms with Crippen LogP contribution in [-0.2, 0) is 9.47 Å². The number of hydrogen-bond acceptors (Lipinski definition) is 3. The highest BCUT2D eigenvalue weighted by Gasteiger charge is 2.55. The molecule has 0 aromatic heterocycles. The van der Waals surface area contributed by atoms with Crippen molar-refractivity contribution in [1.29, 1.82) is 0 Å². The number of aliphatic hydroxyl groups is 1. The molecule has 0 heterocycles. The standard InChI is InChI=1S/C18H32O3/c1-20-17(11-12-17)13-15(18(21-2)9-6-10-18)16(19)14-7-4-3-5-8-14/h14-16,19H,3-13H2,1-2H3. The Labute approximate surface area is 129 Å². The summed E-state index contributed by atoms with van der Waals surface area (Å²) < 4.78 is 11.7. The minimum atomic E-state index is -0.210. The van der Waals surface area contributed by atoms with Crippen molar-refractivity contribution in [3.05, 3.63) is 0 Å². The molecule has 0 aromatic rings. The van der Waals surface area contributed by atoms with Crippen LogP contribution in [-0.4, -0.2) is 36.6 Å². The fourth-order valence-corrected chi connectivity index (χ4v) is 4.71. The monoisotopic (exact) mass is 296 g/mol. The van der Waals surface area contributed by atoms with Gasteiger partial charge in [-0.2, -0.15) is 0 Å². The van der Waals surface area contributed by atoms with Crippen molar-refractivity contribution in [3.8, 4) is 0 Å². The lowest BCUT2D eigenvalue weighted by atomic mass is 9.63. The average Bonchev–Trinajstić information content (AvgIpc) is 3.26. The Morgan fingerprint density at radius 1 is 0.952 bits per heavy atom. The molecular weight excluding hydrogens is 264 g/mol. The molecule has 0 radical (unpaired) electrons. The highest BCUT2D eigenvalue weighted by atomic mass is 16.5. The minimum Gasteiger partial charge on any atom is -0.392 e. The zero-order chi connectivity index (χ0) is 14.9. The molecule has 0 spiro atoms. The van der Waals surface area contributed by atoms with Crippen molar-refractivity contribution in [3.63, 3.8) is 0 Å². The topological polar surface area (TPSA) is 38.7 Å². The van der Waals surface area contributed by atoms with E-state index in [9.17, 15) is 5.11 Å². The zero-order valence-corrected chi connectivity index (χ0v) is 13.8. The summed E-state index contributed by atoms with van der Waals surface area (Å²) in [5.41, 5.74) is -0.0353. The molecule has 2 unspecified atom stereocenters. The second-order valence-electron chi connectivity index (χ2n) is 7.71. The summed E-state index contributed by atoms with van der Waals surface area (Å²) >= 11 is 0. The van der Waals surface area contributed by atoms with E-state index in [-0.39, 0.29) is 23.2 Å². The average molecular weight is 296 g/mol. The summed E-state index contributed by atoms with van der Waals surface area (Å²) in [5, 5.41) is 11.1. The Bertz CT molecular complexity index is 335. The first-order chi connectivity index (χ1) is 10.1. The van der Waals surface area contributed by atoms with Crippen molar-refractivity contribution in [1.82, 2.24) is 0 Å². The lowest BCUT2D eigenvalue weighted by Crippen LogP contribution is -2.54. The molecule has 122 valence electrons. The van der Waals surface area contributed by atoms with Gasteiger partial charge in [-0.15, -0.1) is 0 Å². The van der Waals surface area contributed by atoms with E-state index in [4.69, 9.17) is 9.47 Å². The molecular formula is C18H32O3. The minimum absolute atomic E-state index is 0.0431. The highest BCUT2D eigenvalue weighted by molar-refractivity contribution is 5.06. The Morgan fingerprint density at radius 3 is 2.05 bits per heavy atom. The van der Waals surface area contributed by atoms with E-state index < -0.39 is 0 Å². The maximum Gasteiger partial charge on any atom is 0.0732 e. The fraction of sp³-hybridized carbons (Fsp3) is 1.00. The van der Waals surface area contributed by atoms with Crippen molar-refractivity contribution in [2.24, 2.45) is 11.8 Å². The van der Waals surface area contributed by atoms with Crippen LogP contribution in [0.3, 0.4) is 0 Å².